The van der Waals surface area contributed by atoms with Crippen molar-refractivity contribution in [2.45, 2.75) is 6.29 Å². The standard InChI is InChI=1S/C10H21O7P/c1-14-5-7-16-10(17-8-6-15-2)4-3-9-18(11,12)13/h3-4,10H,5-9H2,1-2H3,(H2,11,12,13). The molecular weight excluding hydrogens is 263 g/mol. The maximum Gasteiger partial charge on any atom is 0.329 e. The molecule has 8 heteroatoms. The van der Waals surface area contributed by atoms with Gasteiger partial charge in [-0.1, -0.05) is 6.08 Å². The largest absolute Gasteiger partial charge is 0.382 e. The molecular formula is C10H21O7P. The van der Waals surface area contributed by atoms with E-state index in [2.05, 4.69) is 0 Å². The maximum atomic E-state index is 10.7. The van der Waals surface area contributed by atoms with E-state index in [1.807, 2.05) is 0 Å². The van der Waals surface area contributed by atoms with Crippen molar-refractivity contribution in [1.82, 2.24) is 0 Å². The van der Waals surface area contributed by atoms with E-state index in [1.165, 1.54) is 12.2 Å². The summed E-state index contributed by atoms with van der Waals surface area (Å²) in [5.41, 5.74) is 0. The molecule has 0 unspecified atom stereocenters. The molecule has 0 aromatic carbocycles. The van der Waals surface area contributed by atoms with Gasteiger partial charge in [0.25, 0.3) is 0 Å². The summed E-state index contributed by atoms with van der Waals surface area (Å²) in [4.78, 5) is 17.4. The van der Waals surface area contributed by atoms with E-state index >= 15 is 0 Å². The predicted octanol–water partition coefficient (Wildman–Crippen LogP) is 0.372. The molecule has 0 aliphatic heterocycles. The van der Waals surface area contributed by atoms with Crippen molar-refractivity contribution in [3.05, 3.63) is 12.2 Å². The summed E-state index contributed by atoms with van der Waals surface area (Å²) in [5, 5.41) is 0. The predicted molar refractivity (Wildman–Crippen MR) is 65.5 cm³/mol. The Morgan fingerprint density at radius 1 is 1.06 bits per heavy atom. The quantitative estimate of drug-likeness (QED) is 0.245. The minimum atomic E-state index is -4.03. The van der Waals surface area contributed by atoms with Gasteiger partial charge in [0, 0.05) is 14.2 Å². The van der Waals surface area contributed by atoms with Crippen molar-refractivity contribution >= 4 is 7.60 Å². The Kier molecular flexibility index (Phi) is 10.5. The third kappa shape index (κ3) is 12.2. The number of ether oxygens (including phenoxy) is 4. The lowest BCUT2D eigenvalue weighted by Gasteiger charge is -2.14. The molecule has 0 radical (unpaired) electrons. The van der Waals surface area contributed by atoms with Crippen molar-refractivity contribution in [3.63, 3.8) is 0 Å². The van der Waals surface area contributed by atoms with Gasteiger partial charge in [-0.2, -0.15) is 0 Å². The number of methoxy groups -OCH3 is 2. The van der Waals surface area contributed by atoms with Gasteiger partial charge in [0.15, 0.2) is 6.29 Å². The van der Waals surface area contributed by atoms with Gasteiger partial charge < -0.3 is 28.7 Å². The van der Waals surface area contributed by atoms with Crippen LogP contribution >= 0.6 is 7.60 Å². The second-order valence-corrected chi connectivity index (χ2v) is 5.07. The summed E-state index contributed by atoms with van der Waals surface area (Å²) in [6.45, 7) is 1.48. The second-order valence-electron chi connectivity index (χ2n) is 3.37. The third-order valence-electron chi connectivity index (χ3n) is 1.78. The van der Waals surface area contributed by atoms with Crippen molar-refractivity contribution in [1.29, 1.82) is 0 Å². The Hall–Kier alpha value is -0.270. The third-order valence-corrected chi connectivity index (χ3v) is 2.46. The van der Waals surface area contributed by atoms with Crippen LogP contribution in [0.25, 0.3) is 0 Å². The normalized spacial score (nSPS) is 12.7. The van der Waals surface area contributed by atoms with Crippen molar-refractivity contribution in [3.8, 4) is 0 Å². The molecule has 0 aromatic heterocycles. The number of allylic oxidation sites excluding steroid dienone is 1. The molecule has 108 valence electrons. The summed E-state index contributed by atoms with van der Waals surface area (Å²) >= 11 is 0. The van der Waals surface area contributed by atoms with Crippen LogP contribution < -0.4 is 0 Å². The molecule has 2 N–H and O–H groups in total. The number of hydrogen-bond donors (Lipinski definition) is 2. The molecule has 0 rings (SSSR count). The van der Waals surface area contributed by atoms with Crippen LogP contribution in [-0.4, -0.2) is 62.9 Å². The number of rotatable bonds is 11. The molecule has 0 saturated heterocycles. The molecule has 0 bridgehead atoms. The van der Waals surface area contributed by atoms with Gasteiger partial charge in [-0.05, 0) is 6.08 Å². The topological polar surface area (TPSA) is 94.5 Å². The van der Waals surface area contributed by atoms with Crippen LogP contribution in [0, 0.1) is 0 Å². The summed E-state index contributed by atoms with van der Waals surface area (Å²) in [5.74, 6) is 0. The van der Waals surface area contributed by atoms with Gasteiger partial charge >= 0.3 is 7.60 Å². The van der Waals surface area contributed by atoms with E-state index in [4.69, 9.17) is 28.7 Å². The van der Waals surface area contributed by atoms with Gasteiger partial charge in [-0.25, -0.2) is 0 Å². The zero-order chi connectivity index (χ0) is 13.9. The lowest BCUT2D eigenvalue weighted by atomic mass is 10.5. The lowest BCUT2D eigenvalue weighted by Crippen LogP contribution is -2.19. The first-order valence-corrected chi connectivity index (χ1v) is 7.21. The van der Waals surface area contributed by atoms with E-state index in [-0.39, 0.29) is 6.16 Å². The molecule has 0 atom stereocenters. The highest BCUT2D eigenvalue weighted by Gasteiger charge is 2.10. The molecule has 0 aliphatic rings. The van der Waals surface area contributed by atoms with Gasteiger partial charge in [0.2, 0.25) is 0 Å². The second kappa shape index (κ2) is 10.6. The number of hydrogen-bond acceptors (Lipinski definition) is 5. The molecule has 0 aliphatic carbocycles. The Balaban J connectivity index is 4.05. The highest BCUT2D eigenvalue weighted by atomic mass is 31.2. The average molecular weight is 284 g/mol. The average Bonchev–Trinajstić information content (AvgIpc) is 2.27. The van der Waals surface area contributed by atoms with Crippen LogP contribution in [0.15, 0.2) is 12.2 Å². The molecule has 0 saturated carbocycles. The summed E-state index contributed by atoms with van der Waals surface area (Å²) < 4.78 is 30.9. The molecule has 0 amide bonds. The minimum Gasteiger partial charge on any atom is -0.382 e. The summed E-state index contributed by atoms with van der Waals surface area (Å²) in [6, 6.07) is 0. The first-order chi connectivity index (χ1) is 8.49. The molecule has 7 nitrogen and oxygen atoms in total. The van der Waals surface area contributed by atoms with Crippen LogP contribution in [0.5, 0.6) is 0 Å². The van der Waals surface area contributed by atoms with Crippen LogP contribution in [0.1, 0.15) is 0 Å². The zero-order valence-electron chi connectivity index (χ0n) is 10.7. The van der Waals surface area contributed by atoms with Crippen LogP contribution in [-0.2, 0) is 23.5 Å². The minimum absolute atomic E-state index is 0.328. The van der Waals surface area contributed by atoms with Gasteiger partial charge in [-0.15, -0.1) is 0 Å². The van der Waals surface area contributed by atoms with Crippen LogP contribution in [0.3, 0.4) is 0 Å². The van der Waals surface area contributed by atoms with Gasteiger partial charge in [-0.3, -0.25) is 4.57 Å². The zero-order valence-corrected chi connectivity index (χ0v) is 11.5. The van der Waals surface area contributed by atoms with E-state index in [0.717, 1.165) is 0 Å². The highest BCUT2D eigenvalue weighted by molar-refractivity contribution is 7.51. The first kappa shape index (κ1) is 17.7. The highest BCUT2D eigenvalue weighted by Crippen LogP contribution is 2.33. The summed E-state index contributed by atoms with van der Waals surface area (Å²) in [7, 11) is -0.934. The smallest absolute Gasteiger partial charge is 0.329 e. The molecule has 18 heavy (non-hydrogen) atoms. The molecule has 0 aromatic rings. The fourth-order valence-electron chi connectivity index (χ4n) is 0.964. The maximum absolute atomic E-state index is 10.7. The first-order valence-electron chi connectivity index (χ1n) is 5.42. The fourth-order valence-corrected chi connectivity index (χ4v) is 1.36. The van der Waals surface area contributed by atoms with Crippen molar-refractivity contribution < 1.29 is 33.3 Å². The Morgan fingerprint density at radius 3 is 1.94 bits per heavy atom. The van der Waals surface area contributed by atoms with E-state index in [0.29, 0.717) is 26.4 Å². The molecule has 0 heterocycles. The summed E-state index contributed by atoms with van der Waals surface area (Å²) in [6.07, 6.45) is 1.79. The van der Waals surface area contributed by atoms with Gasteiger partial charge in [0.1, 0.15) is 0 Å². The SMILES string of the molecule is COCCOC(C=CCP(=O)(O)O)OCCOC. The monoisotopic (exact) mass is 284 g/mol. The van der Waals surface area contributed by atoms with E-state index in [9.17, 15) is 4.57 Å². The van der Waals surface area contributed by atoms with E-state index < -0.39 is 13.9 Å². The molecule has 0 spiro atoms. The van der Waals surface area contributed by atoms with Crippen LogP contribution in [0.2, 0.25) is 0 Å². The Labute approximate surface area is 107 Å². The van der Waals surface area contributed by atoms with Crippen molar-refractivity contribution in [2.75, 3.05) is 46.8 Å². The Morgan fingerprint density at radius 2 is 1.56 bits per heavy atom. The van der Waals surface area contributed by atoms with Gasteiger partial charge in [0.05, 0.1) is 32.6 Å². The van der Waals surface area contributed by atoms with E-state index in [1.54, 1.807) is 14.2 Å². The lowest BCUT2D eigenvalue weighted by molar-refractivity contribution is -0.126. The fraction of sp³-hybridized carbons (Fsp3) is 0.800. The molecule has 0 fully saturated rings. The van der Waals surface area contributed by atoms with Crippen LogP contribution in [0.4, 0.5) is 0 Å². The Bertz CT molecular complexity index is 253. The van der Waals surface area contributed by atoms with Crippen molar-refractivity contribution in [2.24, 2.45) is 0 Å².